The Morgan fingerprint density at radius 2 is 2.00 bits per heavy atom. The number of aromatic nitrogens is 1. The Kier molecular flexibility index (Phi) is 7.35. The van der Waals surface area contributed by atoms with Crippen LogP contribution in [-0.4, -0.2) is 42.7 Å². The van der Waals surface area contributed by atoms with Crippen LogP contribution in [0.4, 0.5) is 0 Å². The molecule has 0 aromatic carbocycles. The fourth-order valence-corrected chi connectivity index (χ4v) is 7.48. The van der Waals surface area contributed by atoms with Crippen LogP contribution in [0.15, 0.2) is 54.0 Å². The fraction of sp³-hybridized carbons (Fsp3) is 0.567. The molecule has 2 heterocycles. The van der Waals surface area contributed by atoms with Crippen LogP contribution in [0.3, 0.4) is 0 Å². The van der Waals surface area contributed by atoms with Crippen molar-refractivity contribution < 1.29 is 9.53 Å². The number of rotatable bonds is 3. The Balaban J connectivity index is 0.000000527. The van der Waals surface area contributed by atoms with Crippen LogP contribution in [0.25, 0.3) is 5.57 Å². The van der Waals surface area contributed by atoms with E-state index in [1.165, 1.54) is 42.2 Å². The van der Waals surface area contributed by atoms with Crippen LogP contribution in [0.1, 0.15) is 64.9 Å². The fourth-order valence-electron chi connectivity index (χ4n) is 7.48. The number of fused-ring (bicyclic) bond motifs is 5. The van der Waals surface area contributed by atoms with Crippen molar-refractivity contribution >= 4 is 17.7 Å². The first-order valence-corrected chi connectivity index (χ1v) is 13.0. The van der Waals surface area contributed by atoms with Crippen LogP contribution in [0.5, 0.6) is 5.75 Å². The summed E-state index contributed by atoms with van der Waals surface area (Å²) in [5.74, 6) is 3.14. The normalized spacial score (nSPS) is 33.9. The molecular formula is C30H41N3O2. The van der Waals surface area contributed by atoms with E-state index >= 15 is 0 Å². The lowest BCUT2D eigenvalue weighted by atomic mass is 9.47. The highest BCUT2D eigenvalue weighted by atomic mass is 16.5. The number of nitrogens with zero attached hydrogens (tertiary/aromatic N) is 3. The van der Waals surface area contributed by atoms with E-state index in [1.54, 1.807) is 19.5 Å². The Morgan fingerprint density at radius 3 is 2.69 bits per heavy atom. The zero-order valence-electron chi connectivity index (χ0n) is 22.1. The number of amides is 1. The topological polar surface area (TPSA) is 54.8 Å². The van der Waals surface area contributed by atoms with Crippen molar-refractivity contribution in [1.29, 1.82) is 0 Å². The zero-order valence-corrected chi connectivity index (χ0v) is 22.1. The molecule has 2 saturated carbocycles. The molecule has 5 unspecified atom stereocenters. The lowest BCUT2D eigenvalue weighted by Gasteiger charge is -2.57. The lowest BCUT2D eigenvalue weighted by molar-refractivity contribution is -0.124. The molecule has 5 heteroatoms. The monoisotopic (exact) mass is 475 g/mol. The number of pyridine rings is 1. The summed E-state index contributed by atoms with van der Waals surface area (Å²) in [6.45, 7) is 11.0. The maximum absolute atomic E-state index is 12.5. The molecule has 0 saturated heterocycles. The van der Waals surface area contributed by atoms with Crippen molar-refractivity contribution in [2.24, 2.45) is 33.6 Å². The SMILES string of the molecule is C=CN=CC.COc1cncc(C2=CCC3C4CCC5=CC(=O)N(C)CCC5(C)C4CCC23C)c1. The van der Waals surface area contributed by atoms with Gasteiger partial charge >= 0.3 is 0 Å². The van der Waals surface area contributed by atoms with Gasteiger partial charge in [0.25, 0.3) is 0 Å². The van der Waals surface area contributed by atoms with Gasteiger partial charge in [0, 0.05) is 38.3 Å². The van der Waals surface area contributed by atoms with E-state index in [1.807, 2.05) is 31.1 Å². The quantitative estimate of drug-likeness (QED) is 0.480. The standard InChI is InChI=1S/C26H34N2O2.C4H7N/c1-25-11-12-28(3)24(29)14-18(25)5-6-20-22-8-7-21(26(22,2)10-9-23(20)25)17-13-19(30-4)16-27-15-17;1-3-5-4-2/h7,13-16,20,22-23H,5-6,8-12H2,1-4H3;3-4H,1H2,2H3. The molecule has 5 rings (SSSR count). The van der Waals surface area contributed by atoms with E-state index in [0.29, 0.717) is 11.8 Å². The molecule has 188 valence electrons. The van der Waals surface area contributed by atoms with Gasteiger partial charge in [0.05, 0.1) is 13.3 Å². The number of likely N-dealkylation sites (N-methyl/N-ethyl adjacent to an activating group) is 1. The third kappa shape index (κ3) is 4.50. The van der Waals surface area contributed by atoms with Crippen LogP contribution >= 0.6 is 0 Å². The molecule has 1 amide bonds. The lowest BCUT2D eigenvalue weighted by Crippen LogP contribution is -2.49. The van der Waals surface area contributed by atoms with Crippen molar-refractivity contribution in [2.45, 2.75) is 59.3 Å². The Hall–Kier alpha value is -2.69. The molecular weight excluding hydrogens is 434 g/mol. The summed E-state index contributed by atoms with van der Waals surface area (Å²) in [7, 11) is 3.66. The summed E-state index contributed by atoms with van der Waals surface area (Å²) in [4.78, 5) is 22.4. The molecule has 1 aromatic heterocycles. The predicted molar refractivity (Wildman–Crippen MR) is 143 cm³/mol. The van der Waals surface area contributed by atoms with Crippen molar-refractivity contribution in [1.82, 2.24) is 9.88 Å². The van der Waals surface area contributed by atoms with Gasteiger partial charge in [-0.25, -0.2) is 0 Å². The minimum atomic E-state index is 0.172. The molecule has 0 N–H and O–H groups in total. The Labute approximate surface area is 211 Å². The van der Waals surface area contributed by atoms with Gasteiger partial charge in [-0.1, -0.05) is 32.1 Å². The molecule has 4 aliphatic rings. The largest absolute Gasteiger partial charge is 0.495 e. The summed E-state index contributed by atoms with van der Waals surface area (Å²) in [5.41, 5.74) is 4.50. The first-order chi connectivity index (χ1) is 16.8. The van der Waals surface area contributed by atoms with Gasteiger partial charge < -0.3 is 9.64 Å². The smallest absolute Gasteiger partial charge is 0.246 e. The van der Waals surface area contributed by atoms with Crippen LogP contribution in [0.2, 0.25) is 0 Å². The van der Waals surface area contributed by atoms with Crippen LogP contribution in [-0.2, 0) is 4.79 Å². The first kappa shape index (κ1) is 25.4. The maximum atomic E-state index is 12.5. The molecule has 5 nitrogen and oxygen atoms in total. The van der Waals surface area contributed by atoms with E-state index < -0.39 is 0 Å². The highest BCUT2D eigenvalue weighted by Crippen LogP contribution is 2.66. The second-order valence-electron chi connectivity index (χ2n) is 11.0. The molecule has 35 heavy (non-hydrogen) atoms. The maximum Gasteiger partial charge on any atom is 0.246 e. The van der Waals surface area contributed by atoms with E-state index in [4.69, 9.17) is 4.74 Å². The van der Waals surface area contributed by atoms with E-state index in [-0.39, 0.29) is 16.7 Å². The second-order valence-corrected chi connectivity index (χ2v) is 11.0. The minimum absolute atomic E-state index is 0.172. The number of methoxy groups -OCH3 is 1. The number of allylic oxidation sites excluding steroid dienone is 3. The van der Waals surface area contributed by atoms with E-state index in [9.17, 15) is 4.79 Å². The molecule has 3 aliphatic carbocycles. The van der Waals surface area contributed by atoms with E-state index in [2.05, 4.69) is 42.5 Å². The second kappa shape index (κ2) is 10.1. The minimum Gasteiger partial charge on any atom is -0.495 e. The third-order valence-electron chi connectivity index (χ3n) is 9.47. The molecule has 0 radical (unpaired) electrons. The van der Waals surface area contributed by atoms with Gasteiger partial charge in [0.1, 0.15) is 5.75 Å². The van der Waals surface area contributed by atoms with Gasteiger partial charge in [0.2, 0.25) is 5.91 Å². The van der Waals surface area contributed by atoms with Crippen LogP contribution < -0.4 is 4.74 Å². The summed E-state index contributed by atoms with van der Waals surface area (Å²) in [6, 6.07) is 2.15. The average molecular weight is 476 g/mol. The van der Waals surface area contributed by atoms with Crippen LogP contribution in [0, 0.1) is 28.6 Å². The zero-order chi connectivity index (χ0) is 25.2. The molecule has 0 spiro atoms. The van der Waals surface area contributed by atoms with Crippen molar-refractivity contribution in [3.05, 3.63) is 54.5 Å². The number of carbonyl (C=O) groups is 1. The summed E-state index contributed by atoms with van der Waals surface area (Å²) >= 11 is 0. The number of ether oxygens (including phenoxy) is 1. The summed E-state index contributed by atoms with van der Waals surface area (Å²) in [6.07, 6.45) is 18.5. The average Bonchev–Trinajstić information content (AvgIpc) is 3.17. The molecule has 2 fully saturated rings. The van der Waals surface area contributed by atoms with Gasteiger partial charge in [0.15, 0.2) is 0 Å². The van der Waals surface area contributed by atoms with Gasteiger partial charge in [-0.2, -0.15) is 0 Å². The number of hydrogen-bond donors (Lipinski definition) is 0. The Morgan fingerprint density at radius 1 is 1.20 bits per heavy atom. The van der Waals surface area contributed by atoms with Gasteiger partial charge in [-0.05, 0) is 91.2 Å². The van der Waals surface area contributed by atoms with Crippen molar-refractivity contribution in [3.63, 3.8) is 0 Å². The van der Waals surface area contributed by atoms with Crippen molar-refractivity contribution in [2.75, 3.05) is 20.7 Å². The number of carbonyl (C=O) groups excluding carboxylic acids is 1. The third-order valence-corrected chi connectivity index (χ3v) is 9.47. The van der Waals surface area contributed by atoms with Gasteiger partial charge in [-0.15, -0.1) is 0 Å². The molecule has 5 atom stereocenters. The first-order valence-electron chi connectivity index (χ1n) is 13.0. The molecule has 1 aromatic rings. The van der Waals surface area contributed by atoms with Crippen molar-refractivity contribution in [3.8, 4) is 5.75 Å². The molecule has 0 bridgehead atoms. The highest BCUT2D eigenvalue weighted by Gasteiger charge is 2.57. The number of hydrogen-bond acceptors (Lipinski definition) is 4. The molecule has 1 aliphatic heterocycles. The highest BCUT2D eigenvalue weighted by molar-refractivity contribution is 5.88. The number of aliphatic imine (C=N–C) groups is 1. The summed E-state index contributed by atoms with van der Waals surface area (Å²) in [5, 5.41) is 0. The van der Waals surface area contributed by atoms with E-state index in [0.717, 1.165) is 37.5 Å². The summed E-state index contributed by atoms with van der Waals surface area (Å²) < 4.78 is 5.44. The van der Waals surface area contributed by atoms with Gasteiger partial charge in [-0.3, -0.25) is 14.8 Å². The predicted octanol–water partition coefficient (Wildman–Crippen LogP) is 6.34. The Bertz CT molecular complexity index is 1060.